The van der Waals surface area contributed by atoms with Crippen molar-refractivity contribution in [1.82, 2.24) is 10.2 Å². The van der Waals surface area contributed by atoms with E-state index in [-0.39, 0.29) is 17.8 Å². The minimum absolute atomic E-state index is 0.0596. The van der Waals surface area contributed by atoms with Gasteiger partial charge in [0.2, 0.25) is 5.91 Å². The number of nitrogens with one attached hydrogen (secondary N) is 1. The van der Waals surface area contributed by atoms with Gasteiger partial charge < -0.3 is 10.2 Å². The fraction of sp³-hybridized carbons (Fsp3) is 0.409. The molecule has 1 unspecified atom stereocenters. The molecule has 2 aromatic rings. The Kier molecular flexibility index (Phi) is 5.72. The highest BCUT2D eigenvalue weighted by atomic mass is 19.1. The molecule has 0 spiro atoms. The highest BCUT2D eigenvalue weighted by Crippen LogP contribution is 2.41. The molecule has 0 aromatic heterocycles. The summed E-state index contributed by atoms with van der Waals surface area (Å²) in [5.41, 5.74) is 1.58. The Morgan fingerprint density at radius 3 is 2.27 bits per heavy atom. The number of carbonyl (C=O) groups is 1. The normalized spacial score (nSPS) is 17.2. The Hall–Kier alpha value is -2.20. The van der Waals surface area contributed by atoms with Gasteiger partial charge in [-0.3, -0.25) is 4.79 Å². The van der Waals surface area contributed by atoms with Crippen LogP contribution in [-0.2, 0) is 10.2 Å². The van der Waals surface area contributed by atoms with Gasteiger partial charge in [-0.2, -0.15) is 0 Å². The molecule has 138 valence electrons. The molecule has 2 aromatic carbocycles. The lowest BCUT2D eigenvalue weighted by molar-refractivity contribution is -0.126. The molecule has 3 nitrogen and oxygen atoms in total. The van der Waals surface area contributed by atoms with Crippen LogP contribution in [0.2, 0.25) is 0 Å². The molecule has 1 saturated carbocycles. The van der Waals surface area contributed by atoms with Crippen LogP contribution in [0.1, 0.15) is 42.9 Å². The summed E-state index contributed by atoms with van der Waals surface area (Å²) in [5, 5.41) is 3.18. The average molecular weight is 354 g/mol. The third-order valence-corrected chi connectivity index (χ3v) is 5.55. The van der Waals surface area contributed by atoms with E-state index in [1.165, 1.54) is 17.7 Å². The second kappa shape index (κ2) is 8.00. The van der Waals surface area contributed by atoms with Gasteiger partial charge in [0.15, 0.2) is 0 Å². The van der Waals surface area contributed by atoms with Crippen molar-refractivity contribution in [3.05, 3.63) is 71.5 Å². The Morgan fingerprint density at radius 1 is 1.08 bits per heavy atom. The maximum Gasteiger partial charge on any atom is 0.230 e. The molecular formula is C22H27FN2O. The van der Waals surface area contributed by atoms with Gasteiger partial charge in [-0.15, -0.1) is 0 Å². The fourth-order valence-corrected chi connectivity index (χ4v) is 4.03. The lowest BCUT2D eigenvalue weighted by Gasteiger charge is -2.31. The first-order valence-electron chi connectivity index (χ1n) is 9.29. The molecule has 0 radical (unpaired) electrons. The SMILES string of the molecule is CN(C)C(CNC(=O)C1(c2ccc(F)cc2)CCCC1)c1ccccc1. The molecule has 1 aliphatic carbocycles. The zero-order valence-electron chi connectivity index (χ0n) is 15.5. The van der Waals surface area contributed by atoms with Gasteiger partial charge in [-0.05, 0) is 50.2 Å². The van der Waals surface area contributed by atoms with E-state index in [1.807, 2.05) is 32.3 Å². The summed E-state index contributed by atoms with van der Waals surface area (Å²) >= 11 is 0. The third kappa shape index (κ3) is 3.80. The highest BCUT2D eigenvalue weighted by Gasteiger charge is 2.42. The number of hydrogen-bond donors (Lipinski definition) is 1. The van der Waals surface area contributed by atoms with E-state index in [0.29, 0.717) is 6.54 Å². The zero-order chi connectivity index (χ0) is 18.6. The molecule has 26 heavy (non-hydrogen) atoms. The highest BCUT2D eigenvalue weighted by molar-refractivity contribution is 5.88. The summed E-state index contributed by atoms with van der Waals surface area (Å²) in [6.07, 6.45) is 3.70. The van der Waals surface area contributed by atoms with Crippen LogP contribution in [-0.4, -0.2) is 31.4 Å². The van der Waals surface area contributed by atoms with E-state index in [9.17, 15) is 9.18 Å². The van der Waals surface area contributed by atoms with Crippen LogP contribution in [0.15, 0.2) is 54.6 Å². The monoisotopic (exact) mass is 354 g/mol. The van der Waals surface area contributed by atoms with Crippen molar-refractivity contribution in [1.29, 1.82) is 0 Å². The maximum absolute atomic E-state index is 13.3. The zero-order valence-corrected chi connectivity index (χ0v) is 15.5. The molecule has 0 heterocycles. The summed E-state index contributed by atoms with van der Waals surface area (Å²) < 4.78 is 13.3. The van der Waals surface area contributed by atoms with Gasteiger partial charge in [-0.1, -0.05) is 55.3 Å². The van der Waals surface area contributed by atoms with E-state index in [1.54, 1.807) is 12.1 Å². The number of benzene rings is 2. The smallest absolute Gasteiger partial charge is 0.230 e. The Labute approximate surface area is 155 Å². The second-order valence-corrected chi connectivity index (χ2v) is 7.40. The van der Waals surface area contributed by atoms with Crippen LogP contribution in [0.25, 0.3) is 0 Å². The molecule has 4 heteroatoms. The van der Waals surface area contributed by atoms with Crippen molar-refractivity contribution in [3.8, 4) is 0 Å². The predicted octanol–water partition coefficient (Wildman–Crippen LogP) is 4.06. The first kappa shape index (κ1) is 18.6. The molecule has 0 bridgehead atoms. The Balaban J connectivity index is 1.77. The lowest BCUT2D eigenvalue weighted by Crippen LogP contribution is -2.45. The summed E-state index contributed by atoms with van der Waals surface area (Å²) in [4.78, 5) is 15.3. The largest absolute Gasteiger partial charge is 0.353 e. The van der Waals surface area contributed by atoms with Crippen molar-refractivity contribution in [3.63, 3.8) is 0 Å². The number of rotatable bonds is 6. The Morgan fingerprint density at radius 2 is 1.69 bits per heavy atom. The van der Waals surface area contributed by atoms with Crippen molar-refractivity contribution in [2.24, 2.45) is 0 Å². The van der Waals surface area contributed by atoms with Gasteiger partial charge in [0.05, 0.1) is 11.5 Å². The van der Waals surface area contributed by atoms with Gasteiger partial charge in [0.25, 0.3) is 0 Å². The molecule has 0 saturated heterocycles. The first-order chi connectivity index (χ1) is 12.5. The van der Waals surface area contributed by atoms with Gasteiger partial charge in [0, 0.05) is 6.54 Å². The van der Waals surface area contributed by atoms with Crippen molar-refractivity contribution >= 4 is 5.91 Å². The van der Waals surface area contributed by atoms with E-state index < -0.39 is 5.41 Å². The number of amides is 1. The minimum atomic E-state index is -0.527. The Bertz CT molecular complexity index is 722. The van der Waals surface area contributed by atoms with Gasteiger partial charge in [-0.25, -0.2) is 4.39 Å². The van der Waals surface area contributed by atoms with Crippen LogP contribution in [0.3, 0.4) is 0 Å². The van der Waals surface area contributed by atoms with Crippen LogP contribution in [0, 0.1) is 5.82 Å². The molecule has 0 aliphatic heterocycles. The molecule has 1 fully saturated rings. The molecule has 3 rings (SSSR count). The fourth-order valence-electron chi connectivity index (χ4n) is 4.03. The predicted molar refractivity (Wildman–Crippen MR) is 102 cm³/mol. The van der Waals surface area contributed by atoms with Crippen LogP contribution < -0.4 is 5.32 Å². The number of carbonyl (C=O) groups excluding carboxylic acids is 1. The van der Waals surface area contributed by atoms with Crippen LogP contribution >= 0.6 is 0 Å². The number of halogens is 1. The summed E-state index contributed by atoms with van der Waals surface area (Å²) in [5.74, 6) is -0.205. The number of likely N-dealkylation sites (N-methyl/N-ethyl adjacent to an activating group) is 1. The second-order valence-electron chi connectivity index (χ2n) is 7.40. The van der Waals surface area contributed by atoms with E-state index in [0.717, 1.165) is 31.2 Å². The van der Waals surface area contributed by atoms with Crippen molar-refractivity contribution < 1.29 is 9.18 Å². The van der Waals surface area contributed by atoms with E-state index >= 15 is 0 Å². The quantitative estimate of drug-likeness (QED) is 0.848. The lowest BCUT2D eigenvalue weighted by atomic mass is 9.78. The molecular weight excluding hydrogens is 327 g/mol. The van der Waals surface area contributed by atoms with E-state index in [2.05, 4.69) is 22.3 Å². The van der Waals surface area contributed by atoms with E-state index in [4.69, 9.17) is 0 Å². The maximum atomic E-state index is 13.3. The topological polar surface area (TPSA) is 32.3 Å². The first-order valence-corrected chi connectivity index (χ1v) is 9.29. The standard InChI is InChI=1S/C22H27FN2O/c1-25(2)20(17-8-4-3-5-9-17)16-24-21(26)22(14-6-7-15-22)18-10-12-19(23)13-11-18/h3-5,8-13,20H,6-7,14-16H2,1-2H3,(H,24,26). The number of nitrogens with zero attached hydrogens (tertiary/aromatic N) is 1. The van der Waals surface area contributed by atoms with Gasteiger partial charge >= 0.3 is 0 Å². The molecule has 1 atom stereocenters. The molecule has 1 N–H and O–H groups in total. The van der Waals surface area contributed by atoms with Crippen molar-refractivity contribution in [2.75, 3.05) is 20.6 Å². The average Bonchev–Trinajstić information content (AvgIpc) is 3.14. The summed E-state index contributed by atoms with van der Waals surface area (Å²) in [6.45, 7) is 0.554. The molecule has 1 amide bonds. The third-order valence-electron chi connectivity index (χ3n) is 5.55. The van der Waals surface area contributed by atoms with Crippen molar-refractivity contribution in [2.45, 2.75) is 37.1 Å². The minimum Gasteiger partial charge on any atom is -0.353 e. The number of hydrogen-bond acceptors (Lipinski definition) is 2. The van der Waals surface area contributed by atoms with Gasteiger partial charge in [0.1, 0.15) is 5.82 Å². The van der Waals surface area contributed by atoms with Crippen LogP contribution in [0.4, 0.5) is 4.39 Å². The summed E-state index contributed by atoms with van der Waals surface area (Å²) in [7, 11) is 4.05. The summed E-state index contributed by atoms with van der Waals surface area (Å²) in [6, 6.07) is 16.8. The molecule has 1 aliphatic rings. The van der Waals surface area contributed by atoms with Crippen LogP contribution in [0.5, 0.6) is 0 Å².